The number of piperidine rings is 1. The molecule has 3 rings (SSSR count). The predicted octanol–water partition coefficient (Wildman–Crippen LogP) is 4.42. The van der Waals surface area contributed by atoms with Gasteiger partial charge in [-0.25, -0.2) is 0 Å². The highest BCUT2D eigenvalue weighted by Crippen LogP contribution is 2.33. The smallest absolute Gasteiger partial charge is 0.227 e. The lowest BCUT2D eigenvalue weighted by molar-refractivity contribution is -0.119. The molecule has 1 fully saturated rings. The highest BCUT2D eigenvalue weighted by molar-refractivity contribution is 7.80. The molecule has 2 N–H and O–H groups in total. The van der Waals surface area contributed by atoms with Crippen LogP contribution >= 0.6 is 12.2 Å². The van der Waals surface area contributed by atoms with E-state index in [9.17, 15) is 4.79 Å². The van der Waals surface area contributed by atoms with E-state index in [1.807, 2.05) is 49.4 Å². The van der Waals surface area contributed by atoms with Gasteiger partial charge in [-0.15, -0.1) is 0 Å². The number of carbonyl (C=O) groups is 1. The first kappa shape index (κ1) is 19.9. The molecule has 1 heterocycles. The molecule has 0 saturated carbocycles. The van der Waals surface area contributed by atoms with E-state index in [0.29, 0.717) is 30.4 Å². The maximum atomic E-state index is 12.3. The monoisotopic (exact) mass is 399 g/mol. The van der Waals surface area contributed by atoms with Crippen molar-refractivity contribution in [3.8, 4) is 11.5 Å². The first-order valence-corrected chi connectivity index (χ1v) is 9.81. The maximum absolute atomic E-state index is 12.3. The van der Waals surface area contributed by atoms with Crippen molar-refractivity contribution < 1.29 is 14.3 Å². The van der Waals surface area contributed by atoms with Gasteiger partial charge in [-0.3, -0.25) is 4.79 Å². The average Bonchev–Trinajstić information content (AvgIpc) is 2.70. The van der Waals surface area contributed by atoms with Crippen molar-refractivity contribution in [1.82, 2.24) is 0 Å². The number of hydrogen-bond acceptors (Lipinski definition) is 4. The number of ether oxygens (including phenoxy) is 2. The summed E-state index contributed by atoms with van der Waals surface area (Å²) < 4.78 is 10.9. The van der Waals surface area contributed by atoms with Crippen molar-refractivity contribution in [1.29, 1.82) is 0 Å². The second kappa shape index (κ2) is 9.41. The molecule has 0 radical (unpaired) electrons. The minimum Gasteiger partial charge on any atom is -0.495 e. The van der Waals surface area contributed by atoms with Crippen LogP contribution in [0.25, 0.3) is 0 Å². The second-order valence-corrected chi connectivity index (χ2v) is 6.83. The van der Waals surface area contributed by atoms with Crippen molar-refractivity contribution in [2.45, 2.75) is 26.2 Å². The lowest BCUT2D eigenvalue weighted by atomic mass is 10.1. The number of methoxy groups -OCH3 is 1. The third-order valence-electron chi connectivity index (χ3n) is 4.47. The van der Waals surface area contributed by atoms with Gasteiger partial charge >= 0.3 is 0 Å². The molecule has 0 spiro atoms. The second-order valence-electron chi connectivity index (χ2n) is 6.43. The lowest BCUT2D eigenvalue weighted by Crippen LogP contribution is -2.35. The lowest BCUT2D eigenvalue weighted by Gasteiger charge is -2.28. The van der Waals surface area contributed by atoms with Crippen LogP contribution in [0.4, 0.5) is 17.1 Å². The molecule has 6 nitrogen and oxygen atoms in total. The Balaban J connectivity index is 1.70. The summed E-state index contributed by atoms with van der Waals surface area (Å²) in [5.41, 5.74) is 2.42. The number of rotatable bonds is 6. The van der Waals surface area contributed by atoms with Gasteiger partial charge in [0, 0.05) is 24.3 Å². The van der Waals surface area contributed by atoms with Crippen LogP contribution in [0.1, 0.15) is 26.2 Å². The number of amides is 1. The van der Waals surface area contributed by atoms with E-state index in [2.05, 4.69) is 10.6 Å². The Kier molecular flexibility index (Phi) is 6.71. The first-order valence-electron chi connectivity index (χ1n) is 9.40. The standard InChI is InChI=1S/C21H25N3O3S/c1-3-27-17-10-7-15(8-11-17)22-21(28)23-16-9-12-19(26-2)18(14-16)24-13-5-4-6-20(24)25/h7-12,14H,3-6,13H2,1-2H3,(H2,22,23,28). The largest absolute Gasteiger partial charge is 0.495 e. The molecular formula is C21H25N3O3S. The van der Waals surface area contributed by atoms with Crippen LogP contribution in [0.3, 0.4) is 0 Å². The van der Waals surface area contributed by atoms with Crippen LogP contribution in [0.15, 0.2) is 42.5 Å². The van der Waals surface area contributed by atoms with Crippen molar-refractivity contribution in [2.75, 3.05) is 35.8 Å². The fourth-order valence-corrected chi connectivity index (χ4v) is 3.37. The third kappa shape index (κ3) is 4.92. The summed E-state index contributed by atoms with van der Waals surface area (Å²) in [5, 5.41) is 6.78. The van der Waals surface area contributed by atoms with Crippen LogP contribution in [-0.4, -0.2) is 31.3 Å². The highest BCUT2D eigenvalue weighted by atomic mass is 32.1. The maximum Gasteiger partial charge on any atom is 0.227 e. The normalized spacial score (nSPS) is 13.8. The molecule has 1 aliphatic rings. The molecule has 0 unspecified atom stereocenters. The van der Waals surface area contributed by atoms with Crippen molar-refractivity contribution in [3.05, 3.63) is 42.5 Å². The Morgan fingerprint density at radius 2 is 1.82 bits per heavy atom. The minimum absolute atomic E-state index is 0.122. The summed E-state index contributed by atoms with van der Waals surface area (Å²) in [6, 6.07) is 13.2. The Morgan fingerprint density at radius 3 is 2.50 bits per heavy atom. The molecule has 1 saturated heterocycles. The molecule has 0 aliphatic carbocycles. The summed E-state index contributed by atoms with van der Waals surface area (Å²) in [4.78, 5) is 14.1. The predicted molar refractivity (Wildman–Crippen MR) is 117 cm³/mol. The Bertz CT molecular complexity index is 839. The summed E-state index contributed by atoms with van der Waals surface area (Å²) in [5.74, 6) is 1.61. The summed E-state index contributed by atoms with van der Waals surface area (Å²) >= 11 is 5.42. The molecule has 0 atom stereocenters. The zero-order chi connectivity index (χ0) is 19.9. The van der Waals surface area contributed by atoms with Gasteiger partial charge in [0.1, 0.15) is 11.5 Å². The molecule has 2 aromatic carbocycles. The summed E-state index contributed by atoms with van der Waals surface area (Å²) in [6.45, 7) is 3.28. The third-order valence-corrected chi connectivity index (χ3v) is 4.68. The van der Waals surface area contributed by atoms with Crippen molar-refractivity contribution in [2.24, 2.45) is 0 Å². The first-order chi connectivity index (χ1) is 13.6. The van der Waals surface area contributed by atoms with Gasteiger partial charge < -0.3 is 25.0 Å². The number of benzene rings is 2. The van der Waals surface area contributed by atoms with Crippen LogP contribution < -0.4 is 25.0 Å². The number of nitrogens with zero attached hydrogens (tertiary/aromatic N) is 1. The van der Waals surface area contributed by atoms with E-state index in [1.54, 1.807) is 12.0 Å². The summed E-state index contributed by atoms with van der Waals surface area (Å²) in [7, 11) is 1.61. The summed E-state index contributed by atoms with van der Waals surface area (Å²) in [6.07, 6.45) is 2.49. The number of hydrogen-bond donors (Lipinski definition) is 2. The van der Waals surface area contributed by atoms with E-state index >= 15 is 0 Å². The number of nitrogens with one attached hydrogen (secondary N) is 2. The number of anilines is 3. The van der Waals surface area contributed by atoms with Crippen LogP contribution in [0.2, 0.25) is 0 Å². The highest BCUT2D eigenvalue weighted by Gasteiger charge is 2.23. The van der Waals surface area contributed by atoms with Crippen LogP contribution in [0, 0.1) is 0 Å². The molecule has 0 aromatic heterocycles. The van der Waals surface area contributed by atoms with Crippen LogP contribution in [-0.2, 0) is 4.79 Å². The zero-order valence-corrected chi connectivity index (χ0v) is 17.0. The van der Waals surface area contributed by atoms with Gasteiger partial charge in [0.25, 0.3) is 0 Å². The van der Waals surface area contributed by atoms with E-state index in [-0.39, 0.29) is 5.91 Å². The fourth-order valence-electron chi connectivity index (χ4n) is 3.13. The van der Waals surface area contributed by atoms with Crippen molar-refractivity contribution in [3.63, 3.8) is 0 Å². The Morgan fingerprint density at radius 1 is 1.11 bits per heavy atom. The molecular weight excluding hydrogens is 374 g/mol. The van der Waals surface area contributed by atoms with Crippen molar-refractivity contribution >= 4 is 40.3 Å². The Hall–Kier alpha value is -2.80. The van der Waals surface area contributed by atoms with Gasteiger partial charge in [-0.1, -0.05) is 0 Å². The Labute approximate surface area is 170 Å². The van der Waals surface area contributed by atoms with Gasteiger partial charge in [0.15, 0.2) is 5.11 Å². The fraction of sp³-hybridized carbons (Fsp3) is 0.333. The van der Waals surface area contributed by atoms with Crippen LogP contribution in [0.5, 0.6) is 11.5 Å². The topological polar surface area (TPSA) is 62.8 Å². The molecule has 28 heavy (non-hydrogen) atoms. The van der Waals surface area contributed by atoms with Gasteiger partial charge in [-0.2, -0.15) is 0 Å². The van der Waals surface area contributed by atoms with E-state index in [0.717, 1.165) is 35.7 Å². The molecule has 2 aromatic rings. The van der Waals surface area contributed by atoms with E-state index in [1.165, 1.54) is 0 Å². The molecule has 1 amide bonds. The number of carbonyl (C=O) groups excluding carboxylic acids is 1. The molecule has 7 heteroatoms. The van der Waals surface area contributed by atoms with E-state index in [4.69, 9.17) is 21.7 Å². The van der Waals surface area contributed by atoms with E-state index < -0.39 is 0 Å². The SMILES string of the molecule is CCOc1ccc(NC(=S)Nc2ccc(OC)c(N3CCCCC3=O)c2)cc1. The average molecular weight is 400 g/mol. The van der Waals surface area contributed by atoms with Gasteiger partial charge in [0.05, 0.1) is 19.4 Å². The molecule has 0 bridgehead atoms. The minimum atomic E-state index is 0.122. The zero-order valence-electron chi connectivity index (χ0n) is 16.2. The number of thiocarbonyl (C=S) groups is 1. The van der Waals surface area contributed by atoms with Gasteiger partial charge in [0.2, 0.25) is 5.91 Å². The molecule has 148 valence electrons. The van der Waals surface area contributed by atoms with Gasteiger partial charge in [-0.05, 0) is 74.4 Å². The quantitative estimate of drug-likeness (QED) is 0.701. The molecule has 1 aliphatic heterocycles.